The highest BCUT2D eigenvalue weighted by atomic mass is 32.2. The molecule has 2 heterocycles. The van der Waals surface area contributed by atoms with Gasteiger partial charge in [-0.1, -0.05) is 6.92 Å². The molecular formula is C9H10N2O3S2. The lowest BCUT2D eigenvalue weighted by atomic mass is 10.4. The second kappa shape index (κ2) is 4.36. The number of hydrogen-bond donors (Lipinski definition) is 1. The maximum atomic E-state index is 11.8. The second-order valence-corrected chi connectivity index (χ2v) is 5.52. The third kappa shape index (κ3) is 2.01. The van der Waals surface area contributed by atoms with Crippen LogP contribution >= 0.6 is 11.3 Å². The third-order valence-corrected chi connectivity index (χ3v) is 4.15. The molecule has 0 spiro atoms. The lowest BCUT2D eigenvalue weighted by Gasteiger charge is -2.02. The van der Waals surface area contributed by atoms with Crippen molar-refractivity contribution < 1.29 is 12.8 Å². The molecule has 0 aliphatic rings. The molecule has 5 nitrogen and oxygen atoms in total. The Bertz CT molecular complexity index is 557. The summed E-state index contributed by atoms with van der Waals surface area (Å²) >= 11 is 1.37. The first-order valence-electron chi connectivity index (χ1n) is 4.62. The van der Waals surface area contributed by atoms with Gasteiger partial charge in [-0.25, -0.2) is 18.1 Å². The normalized spacial score (nSPS) is 11.8. The lowest BCUT2D eigenvalue weighted by molar-refractivity contribution is 0.448. The molecule has 0 aliphatic heterocycles. The van der Waals surface area contributed by atoms with E-state index in [1.54, 1.807) is 24.6 Å². The van der Waals surface area contributed by atoms with Crippen LogP contribution in [0.5, 0.6) is 0 Å². The summed E-state index contributed by atoms with van der Waals surface area (Å²) in [5.74, 6) is 0. The molecule has 1 N–H and O–H groups in total. The summed E-state index contributed by atoms with van der Waals surface area (Å²) < 4.78 is 31.0. The summed E-state index contributed by atoms with van der Waals surface area (Å²) in [7, 11) is -3.57. The lowest BCUT2D eigenvalue weighted by Crippen LogP contribution is -2.23. The highest BCUT2D eigenvalue weighted by Gasteiger charge is 2.23. The van der Waals surface area contributed by atoms with Crippen LogP contribution in [-0.2, 0) is 10.0 Å². The fourth-order valence-corrected chi connectivity index (χ4v) is 3.15. The SMILES string of the molecule is CCNS(=O)(=O)c1occc1-c1nccs1. The Balaban J connectivity index is 2.49. The average Bonchev–Trinajstić information content (AvgIpc) is 2.88. The van der Waals surface area contributed by atoms with E-state index in [1.165, 1.54) is 17.6 Å². The van der Waals surface area contributed by atoms with Gasteiger partial charge >= 0.3 is 0 Å². The van der Waals surface area contributed by atoms with Crippen LogP contribution in [0, 0.1) is 0 Å². The maximum Gasteiger partial charge on any atom is 0.274 e. The van der Waals surface area contributed by atoms with Crippen molar-refractivity contribution in [3.63, 3.8) is 0 Å². The van der Waals surface area contributed by atoms with E-state index in [2.05, 4.69) is 9.71 Å². The van der Waals surface area contributed by atoms with Gasteiger partial charge in [0.25, 0.3) is 10.0 Å². The number of nitrogens with one attached hydrogen (secondary N) is 1. The molecule has 0 atom stereocenters. The van der Waals surface area contributed by atoms with E-state index in [0.717, 1.165) is 0 Å². The van der Waals surface area contributed by atoms with Crippen molar-refractivity contribution in [3.05, 3.63) is 23.9 Å². The van der Waals surface area contributed by atoms with Crippen LogP contribution in [-0.4, -0.2) is 19.9 Å². The van der Waals surface area contributed by atoms with Crippen LogP contribution in [0.1, 0.15) is 6.92 Å². The van der Waals surface area contributed by atoms with E-state index in [9.17, 15) is 8.42 Å². The molecule has 0 fully saturated rings. The number of furan rings is 1. The number of thiazole rings is 1. The zero-order valence-corrected chi connectivity index (χ0v) is 10.1. The number of sulfonamides is 1. The molecule has 0 amide bonds. The van der Waals surface area contributed by atoms with Crippen molar-refractivity contribution in [2.24, 2.45) is 0 Å². The molecule has 0 saturated carbocycles. The molecule has 0 bridgehead atoms. The summed E-state index contributed by atoms with van der Waals surface area (Å²) in [6.07, 6.45) is 2.97. The second-order valence-electron chi connectivity index (χ2n) is 2.96. The van der Waals surface area contributed by atoms with Crippen LogP contribution in [0.2, 0.25) is 0 Å². The van der Waals surface area contributed by atoms with Gasteiger partial charge in [0.2, 0.25) is 5.09 Å². The molecule has 0 radical (unpaired) electrons. The van der Waals surface area contributed by atoms with Crippen molar-refractivity contribution in [2.45, 2.75) is 12.0 Å². The summed E-state index contributed by atoms with van der Waals surface area (Å²) in [6, 6.07) is 1.60. The Labute approximate surface area is 97.2 Å². The van der Waals surface area contributed by atoms with Gasteiger partial charge in [-0.15, -0.1) is 11.3 Å². The number of rotatable bonds is 4. The predicted octanol–water partition coefficient (Wildman–Crippen LogP) is 1.70. The minimum Gasteiger partial charge on any atom is -0.451 e. The van der Waals surface area contributed by atoms with Gasteiger partial charge in [0.05, 0.1) is 11.8 Å². The Morgan fingerprint density at radius 3 is 3.00 bits per heavy atom. The van der Waals surface area contributed by atoms with Gasteiger partial charge in [-0.3, -0.25) is 0 Å². The van der Waals surface area contributed by atoms with Gasteiger partial charge < -0.3 is 4.42 Å². The molecular weight excluding hydrogens is 248 g/mol. The first-order chi connectivity index (χ1) is 7.65. The van der Waals surface area contributed by atoms with Crippen molar-refractivity contribution in [3.8, 4) is 10.6 Å². The van der Waals surface area contributed by atoms with Crippen LogP contribution in [0.3, 0.4) is 0 Å². The summed E-state index contributed by atoms with van der Waals surface area (Å²) in [5.41, 5.74) is 0.496. The number of nitrogens with zero attached hydrogens (tertiary/aromatic N) is 1. The molecule has 0 aliphatic carbocycles. The maximum absolute atomic E-state index is 11.8. The molecule has 2 rings (SSSR count). The van der Waals surface area contributed by atoms with E-state index in [1.807, 2.05) is 0 Å². The van der Waals surface area contributed by atoms with Crippen LogP contribution in [0.15, 0.2) is 33.4 Å². The quantitative estimate of drug-likeness (QED) is 0.906. The Morgan fingerprint density at radius 2 is 2.38 bits per heavy atom. The fourth-order valence-electron chi connectivity index (χ4n) is 1.27. The molecule has 2 aromatic rings. The zero-order valence-electron chi connectivity index (χ0n) is 8.50. The van der Waals surface area contributed by atoms with Gasteiger partial charge in [-0.05, 0) is 6.07 Å². The number of aromatic nitrogens is 1. The molecule has 86 valence electrons. The third-order valence-electron chi connectivity index (χ3n) is 1.87. The largest absolute Gasteiger partial charge is 0.451 e. The van der Waals surface area contributed by atoms with E-state index in [0.29, 0.717) is 17.1 Å². The minimum absolute atomic E-state index is 0.0794. The van der Waals surface area contributed by atoms with E-state index >= 15 is 0 Å². The zero-order chi connectivity index (χ0) is 11.6. The summed E-state index contributed by atoms with van der Waals surface area (Å²) in [6.45, 7) is 2.03. The molecule has 2 aromatic heterocycles. The van der Waals surface area contributed by atoms with Gasteiger partial charge in [0.15, 0.2) is 0 Å². The molecule has 0 unspecified atom stereocenters. The van der Waals surface area contributed by atoms with Crippen molar-refractivity contribution >= 4 is 21.4 Å². The van der Waals surface area contributed by atoms with Gasteiger partial charge in [-0.2, -0.15) is 0 Å². The highest BCUT2D eigenvalue weighted by molar-refractivity contribution is 7.89. The Morgan fingerprint density at radius 1 is 1.56 bits per heavy atom. The van der Waals surface area contributed by atoms with E-state index in [4.69, 9.17) is 4.42 Å². The van der Waals surface area contributed by atoms with Crippen LogP contribution in [0.4, 0.5) is 0 Å². The first kappa shape index (κ1) is 11.3. The van der Waals surface area contributed by atoms with Crippen LogP contribution in [0.25, 0.3) is 10.6 Å². The number of hydrogen-bond acceptors (Lipinski definition) is 5. The minimum atomic E-state index is -3.57. The molecule has 7 heteroatoms. The molecule has 16 heavy (non-hydrogen) atoms. The summed E-state index contributed by atoms with van der Waals surface area (Å²) in [4.78, 5) is 4.06. The van der Waals surface area contributed by atoms with Crippen molar-refractivity contribution in [2.75, 3.05) is 6.54 Å². The standard InChI is InChI=1S/C9H10N2O3S2/c1-2-11-16(12,13)9-7(3-5-14-9)8-10-4-6-15-8/h3-6,11H,2H2,1H3. The molecule has 0 saturated heterocycles. The Hall–Kier alpha value is -1.18. The highest BCUT2D eigenvalue weighted by Crippen LogP contribution is 2.29. The van der Waals surface area contributed by atoms with E-state index in [-0.39, 0.29) is 5.09 Å². The summed E-state index contributed by atoms with van der Waals surface area (Å²) in [5, 5.41) is 2.33. The Kier molecular flexibility index (Phi) is 3.08. The topological polar surface area (TPSA) is 72.2 Å². The smallest absolute Gasteiger partial charge is 0.274 e. The first-order valence-corrected chi connectivity index (χ1v) is 6.98. The van der Waals surface area contributed by atoms with Crippen LogP contribution < -0.4 is 4.72 Å². The van der Waals surface area contributed by atoms with Gasteiger partial charge in [0, 0.05) is 18.1 Å². The fraction of sp³-hybridized carbons (Fsp3) is 0.222. The monoisotopic (exact) mass is 258 g/mol. The van der Waals surface area contributed by atoms with Crippen molar-refractivity contribution in [1.82, 2.24) is 9.71 Å². The van der Waals surface area contributed by atoms with E-state index < -0.39 is 10.0 Å². The average molecular weight is 258 g/mol. The van der Waals surface area contributed by atoms with Gasteiger partial charge in [0.1, 0.15) is 5.01 Å². The van der Waals surface area contributed by atoms with Crippen molar-refractivity contribution in [1.29, 1.82) is 0 Å². The predicted molar refractivity (Wildman–Crippen MR) is 60.7 cm³/mol. The molecule has 0 aromatic carbocycles.